The molecular weight excluding hydrogens is 308 g/mol. The van der Waals surface area contributed by atoms with Crippen molar-refractivity contribution in [3.8, 4) is 0 Å². The topological polar surface area (TPSA) is 80.6 Å². The van der Waals surface area contributed by atoms with Gasteiger partial charge in [0.15, 0.2) is 0 Å². The normalized spacial score (nSPS) is 11.5. The maximum atomic E-state index is 11.7. The number of alkyl carbamates (subject to hydrolysis) is 1. The number of fused-ring (bicyclic) bond motifs is 1. The molecule has 0 radical (unpaired) electrons. The van der Waals surface area contributed by atoms with Gasteiger partial charge in [-0.3, -0.25) is 4.79 Å². The second-order valence-corrected chi connectivity index (χ2v) is 6.74. The van der Waals surface area contributed by atoms with Crippen molar-refractivity contribution in [3.63, 3.8) is 0 Å². The molecule has 0 fully saturated rings. The van der Waals surface area contributed by atoms with Gasteiger partial charge in [-0.05, 0) is 45.7 Å². The van der Waals surface area contributed by atoms with Crippen LogP contribution in [0.5, 0.6) is 0 Å². The number of rotatable bonds is 5. The minimum atomic E-state index is -0.878. The van der Waals surface area contributed by atoms with E-state index in [0.717, 1.165) is 22.2 Å². The number of carboxylic acids is 1. The van der Waals surface area contributed by atoms with Crippen molar-refractivity contribution < 1.29 is 19.4 Å². The summed E-state index contributed by atoms with van der Waals surface area (Å²) in [6.45, 7) is 7.71. The van der Waals surface area contributed by atoms with Gasteiger partial charge < -0.3 is 19.7 Å². The summed E-state index contributed by atoms with van der Waals surface area (Å²) in [7, 11) is 0. The molecule has 0 aliphatic carbocycles. The van der Waals surface area contributed by atoms with Crippen LogP contribution in [0.25, 0.3) is 10.9 Å². The number of ether oxygens (including phenoxy) is 1. The van der Waals surface area contributed by atoms with Crippen LogP contribution < -0.4 is 5.32 Å². The molecular formula is C18H24N2O4. The van der Waals surface area contributed by atoms with E-state index >= 15 is 0 Å². The number of benzene rings is 1. The number of hydrogen-bond acceptors (Lipinski definition) is 3. The van der Waals surface area contributed by atoms with Gasteiger partial charge in [-0.1, -0.05) is 18.2 Å². The fourth-order valence-corrected chi connectivity index (χ4v) is 2.76. The highest BCUT2D eigenvalue weighted by molar-refractivity contribution is 5.86. The van der Waals surface area contributed by atoms with Crippen LogP contribution in [0.4, 0.5) is 4.79 Å². The van der Waals surface area contributed by atoms with Crippen LogP contribution in [-0.4, -0.2) is 33.9 Å². The zero-order valence-corrected chi connectivity index (χ0v) is 14.5. The first-order chi connectivity index (χ1) is 11.2. The molecule has 130 valence electrons. The van der Waals surface area contributed by atoms with E-state index in [1.165, 1.54) is 0 Å². The number of carboxylic acid groups (broad SMARTS) is 1. The van der Waals surface area contributed by atoms with Crippen LogP contribution >= 0.6 is 0 Å². The molecule has 1 heterocycles. The summed E-state index contributed by atoms with van der Waals surface area (Å²) >= 11 is 0. The van der Waals surface area contributed by atoms with Crippen LogP contribution in [0.2, 0.25) is 0 Å². The highest BCUT2D eigenvalue weighted by atomic mass is 16.6. The molecule has 0 saturated heterocycles. The molecule has 0 saturated carbocycles. The Kier molecular flexibility index (Phi) is 5.17. The van der Waals surface area contributed by atoms with Crippen molar-refractivity contribution in [2.75, 3.05) is 6.54 Å². The molecule has 0 spiro atoms. The molecule has 0 aliphatic heterocycles. The molecule has 6 nitrogen and oxygen atoms in total. The summed E-state index contributed by atoms with van der Waals surface area (Å²) in [5, 5.41) is 12.9. The summed E-state index contributed by atoms with van der Waals surface area (Å²) in [5.74, 6) is -0.878. The molecule has 2 rings (SSSR count). The number of carbonyl (C=O) groups is 2. The fourth-order valence-electron chi connectivity index (χ4n) is 2.76. The molecule has 0 aliphatic rings. The quantitative estimate of drug-likeness (QED) is 0.881. The smallest absolute Gasteiger partial charge is 0.407 e. The minimum absolute atomic E-state index is 0.0775. The molecule has 6 heteroatoms. The third kappa shape index (κ3) is 4.28. The maximum absolute atomic E-state index is 11.7. The van der Waals surface area contributed by atoms with Gasteiger partial charge in [0.2, 0.25) is 0 Å². The molecule has 0 unspecified atom stereocenters. The van der Waals surface area contributed by atoms with E-state index < -0.39 is 17.7 Å². The lowest BCUT2D eigenvalue weighted by atomic mass is 10.1. The molecule has 1 aromatic heterocycles. The second-order valence-electron chi connectivity index (χ2n) is 6.74. The highest BCUT2D eigenvalue weighted by Crippen LogP contribution is 2.26. The summed E-state index contributed by atoms with van der Waals surface area (Å²) in [6.07, 6.45) is 0.160. The minimum Gasteiger partial charge on any atom is -0.480 e. The Labute approximate surface area is 141 Å². The predicted molar refractivity (Wildman–Crippen MR) is 92.3 cm³/mol. The number of para-hydroxylation sites is 1. The first kappa shape index (κ1) is 17.8. The molecule has 2 aromatic rings. The lowest BCUT2D eigenvalue weighted by Crippen LogP contribution is -2.33. The molecule has 1 amide bonds. The fraction of sp³-hybridized carbons (Fsp3) is 0.444. The molecule has 24 heavy (non-hydrogen) atoms. The highest BCUT2D eigenvalue weighted by Gasteiger charge is 2.17. The second kappa shape index (κ2) is 6.95. The molecule has 2 N–H and O–H groups in total. The van der Waals surface area contributed by atoms with E-state index in [4.69, 9.17) is 9.84 Å². The zero-order valence-electron chi connectivity index (χ0n) is 14.5. The SMILES string of the molecule is Cc1c(CCNC(=O)OC(C)(C)C)c2ccccc2n1CC(=O)O. The zero-order chi connectivity index (χ0) is 17.9. The van der Waals surface area contributed by atoms with Gasteiger partial charge in [-0.25, -0.2) is 4.79 Å². The summed E-state index contributed by atoms with van der Waals surface area (Å²) in [4.78, 5) is 22.8. The van der Waals surface area contributed by atoms with E-state index in [0.29, 0.717) is 13.0 Å². The van der Waals surface area contributed by atoms with Crippen molar-refractivity contribution in [3.05, 3.63) is 35.5 Å². The van der Waals surface area contributed by atoms with Crippen LogP contribution in [-0.2, 0) is 22.5 Å². The van der Waals surface area contributed by atoms with E-state index in [-0.39, 0.29) is 6.54 Å². The van der Waals surface area contributed by atoms with Gasteiger partial charge in [-0.2, -0.15) is 0 Å². The van der Waals surface area contributed by atoms with Gasteiger partial charge in [0.25, 0.3) is 0 Å². The summed E-state index contributed by atoms with van der Waals surface area (Å²) < 4.78 is 7.01. The number of carbonyl (C=O) groups excluding carboxylic acids is 1. The summed E-state index contributed by atoms with van der Waals surface area (Å²) in [5.41, 5.74) is 2.31. The van der Waals surface area contributed by atoms with Crippen molar-refractivity contribution in [2.45, 2.75) is 46.3 Å². The van der Waals surface area contributed by atoms with Crippen LogP contribution in [0.3, 0.4) is 0 Å². The van der Waals surface area contributed by atoms with Crippen LogP contribution in [0.1, 0.15) is 32.0 Å². The summed E-state index contributed by atoms with van der Waals surface area (Å²) in [6, 6.07) is 7.71. The van der Waals surface area contributed by atoms with Gasteiger partial charge in [0.05, 0.1) is 0 Å². The Hall–Kier alpha value is -2.50. The van der Waals surface area contributed by atoms with Crippen molar-refractivity contribution in [1.82, 2.24) is 9.88 Å². The van der Waals surface area contributed by atoms with Gasteiger partial charge in [-0.15, -0.1) is 0 Å². The average molecular weight is 332 g/mol. The first-order valence-electron chi connectivity index (χ1n) is 7.94. The number of hydrogen-bond donors (Lipinski definition) is 2. The van der Waals surface area contributed by atoms with Gasteiger partial charge in [0, 0.05) is 23.1 Å². The van der Waals surface area contributed by atoms with Crippen LogP contribution in [0.15, 0.2) is 24.3 Å². The van der Waals surface area contributed by atoms with E-state index in [1.807, 2.05) is 52.0 Å². The van der Waals surface area contributed by atoms with Crippen LogP contribution in [0, 0.1) is 6.92 Å². The third-order valence-electron chi connectivity index (χ3n) is 3.70. The van der Waals surface area contributed by atoms with E-state index in [2.05, 4.69) is 5.32 Å². The Morgan fingerprint density at radius 3 is 2.54 bits per heavy atom. The molecule has 0 bridgehead atoms. The number of aliphatic carboxylic acids is 1. The molecule has 1 aromatic carbocycles. The van der Waals surface area contributed by atoms with Crippen molar-refractivity contribution in [1.29, 1.82) is 0 Å². The largest absolute Gasteiger partial charge is 0.480 e. The number of nitrogens with one attached hydrogen (secondary N) is 1. The van der Waals surface area contributed by atoms with Crippen molar-refractivity contribution in [2.24, 2.45) is 0 Å². The maximum Gasteiger partial charge on any atom is 0.407 e. The lowest BCUT2D eigenvalue weighted by Gasteiger charge is -2.19. The third-order valence-corrected chi connectivity index (χ3v) is 3.70. The Bertz CT molecular complexity index is 756. The first-order valence-corrected chi connectivity index (χ1v) is 7.94. The van der Waals surface area contributed by atoms with Crippen molar-refractivity contribution >= 4 is 23.0 Å². The van der Waals surface area contributed by atoms with Gasteiger partial charge >= 0.3 is 12.1 Å². The number of amides is 1. The van der Waals surface area contributed by atoms with E-state index in [9.17, 15) is 9.59 Å². The Morgan fingerprint density at radius 2 is 1.92 bits per heavy atom. The number of aromatic nitrogens is 1. The number of nitrogens with zero attached hydrogens (tertiary/aromatic N) is 1. The van der Waals surface area contributed by atoms with E-state index in [1.54, 1.807) is 4.57 Å². The monoisotopic (exact) mass is 332 g/mol. The standard InChI is InChI=1S/C18H24N2O4/c1-12-13(9-10-19-17(23)24-18(2,3)4)14-7-5-6-8-15(14)20(12)11-16(21)22/h5-8H,9-11H2,1-4H3,(H,19,23)(H,21,22). The Morgan fingerprint density at radius 1 is 1.25 bits per heavy atom. The predicted octanol–water partition coefficient (Wildman–Crippen LogP) is 3.10. The van der Waals surface area contributed by atoms with Gasteiger partial charge in [0.1, 0.15) is 12.1 Å². The molecule has 0 atom stereocenters. The lowest BCUT2D eigenvalue weighted by molar-refractivity contribution is -0.137. The Balaban J connectivity index is 2.16. The average Bonchev–Trinajstić information content (AvgIpc) is 2.71.